The van der Waals surface area contributed by atoms with Gasteiger partial charge in [-0.15, -0.1) is 0 Å². The molecular weight excluding hydrogens is 210 g/mol. The van der Waals surface area contributed by atoms with Gasteiger partial charge in [0.1, 0.15) is 0 Å². The van der Waals surface area contributed by atoms with E-state index in [9.17, 15) is 14.9 Å². The summed E-state index contributed by atoms with van der Waals surface area (Å²) >= 11 is 0. The van der Waals surface area contributed by atoms with Gasteiger partial charge in [-0.05, 0) is 18.4 Å². The number of nitro benzene ring substituents is 1. The number of rotatable bonds is 5. The molecule has 0 heterocycles. The first kappa shape index (κ1) is 12.2. The lowest BCUT2D eigenvalue weighted by Gasteiger charge is -2.08. The minimum Gasteiger partial charge on any atom is -0.481 e. The number of nitrogens with zero attached hydrogens (tertiary/aromatic N) is 1. The molecule has 0 unspecified atom stereocenters. The van der Waals surface area contributed by atoms with Gasteiger partial charge < -0.3 is 5.11 Å². The van der Waals surface area contributed by atoms with E-state index in [1.807, 2.05) is 6.92 Å². The molecule has 1 aromatic carbocycles. The maximum Gasteiger partial charge on any atom is 0.306 e. The highest BCUT2D eigenvalue weighted by Crippen LogP contribution is 2.16. The molecule has 0 aromatic heterocycles. The highest BCUT2D eigenvalue weighted by Gasteiger charge is 2.15. The van der Waals surface area contributed by atoms with E-state index >= 15 is 0 Å². The first-order valence-electron chi connectivity index (χ1n) is 5.00. The zero-order valence-corrected chi connectivity index (χ0v) is 8.92. The van der Waals surface area contributed by atoms with Crippen LogP contribution in [0.5, 0.6) is 0 Å². The Morgan fingerprint density at radius 2 is 2.00 bits per heavy atom. The predicted molar refractivity (Wildman–Crippen MR) is 58.2 cm³/mol. The SMILES string of the molecule is CC[C@@H](Cc1ccc([N+](=O)[O-])cc1)C(=O)O. The van der Waals surface area contributed by atoms with Crippen LogP contribution in [0, 0.1) is 16.0 Å². The molecule has 0 aliphatic rings. The van der Waals surface area contributed by atoms with E-state index in [0.717, 1.165) is 5.56 Å². The van der Waals surface area contributed by atoms with E-state index in [4.69, 9.17) is 5.11 Å². The normalized spacial score (nSPS) is 12.1. The molecule has 0 fully saturated rings. The fraction of sp³-hybridized carbons (Fsp3) is 0.364. The van der Waals surface area contributed by atoms with Gasteiger partial charge in [-0.25, -0.2) is 0 Å². The molecule has 1 aromatic rings. The highest BCUT2D eigenvalue weighted by molar-refractivity contribution is 5.70. The minimum atomic E-state index is -0.833. The molecule has 5 heteroatoms. The minimum absolute atomic E-state index is 0.0205. The van der Waals surface area contributed by atoms with Crippen LogP contribution in [0.25, 0.3) is 0 Å². The summed E-state index contributed by atoms with van der Waals surface area (Å²) in [7, 11) is 0. The van der Waals surface area contributed by atoms with E-state index < -0.39 is 16.8 Å². The van der Waals surface area contributed by atoms with Gasteiger partial charge in [0.25, 0.3) is 5.69 Å². The Hall–Kier alpha value is -1.91. The second-order valence-corrected chi connectivity index (χ2v) is 3.57. The van der Waals surface area contributed by atoms with Gasteiger partial charge in [0.15, 0.2) is 0 Å². The summed E-state index contributed by atoms with van der Waals surface area (Å²) in [5.41, 5.74) is 0.826. The number of carboxylic acids is 1. The Balaban J connectivity index is 2.75. The predicted octanol–water partition coefficient (Wildman–Crippen LogP) is 2.25. The summed E-state index contributed by atoms with van der Waals surface area (Å²) in [4.78, 5) is 20.7. The van der Waals surface area contributed by atoms with Gasteiger partial charge in [0.05, 0.1) is 10.8 Å². The summed E-state index contributed by atoms with van der Waals surface area (Å²) in [6, 6.07) is 5.99. The molecule has 1 N–H and O–H groups in total. The number of aliphatic carboxylic acids is 1. The zero-order valence-electron chi connectivity index (χ0n) is 8.92. The number of hydrogen-bond donors (Lipinski definition) is 1. The third kappa shape index (κ3) is 3.05. The third-order valence-corrected chi connectivity index (χ3v) is 2.47. The lowest BCUT2D eigenvalue weighted by molar-refractivity contribution is -0.384. The molecule has 0 amide bonds. The smallest absolute Gasteiger partial charge is 0.306 e. The van der Waals surface area contributed by atoms with E-state index in [1.165, 1.54) is 12.1 Å². The molecule has 0 bridgehead atoms. The van der Waals surface area contributed by atoms with Crippen LogP contribution < -0.4 is 0 Å². The number of nitro groups is 1. The van der Waals surface area contributed by atoms with Gasteiger partial charge in [0, 0.05) is 12.1 Å². The zero-order chi connectivity index (χ0) is 12.1. The van der Waals surface area contributed by atoms with Crippen molar-refractivity contribution in [2.24, 2.45) is 5.92 Å². The first-order valence-corrected chi connectivity index (χ1v) is 5.00. The van der Waals surface area contributed by atoms with Crippen LogP contribution in [0.4, 0.5) is 5.69 Å². The molecule has 86 valence electrons. The summed E-state index contributed by atoms with van der Waals surface area (Å²) in [6.07, 6.45) is 0.955. The maximum absolute atomic E-state index is 10.8. The van der Waals surface area contributed by atoms with Gasteiger partial charge in [-0.2, -0.15) is 0 Å². The Kier molecular flexibility index (Phi) is 3.99. The van der Waals surface area contributed by atoms with Crippen LogP contribution in [0.2, 0.25) is 0 Å². The summed E-state index contributed by atoms with van der Waals surface area (Å²) < 4.78 is 0. The van der Waals surface area contributed by atoms with Gasteiger partial charge in [0.2, 0.25) is 0 Å². The van der Waals surface area contributed by atoms with Crippen LogP contribution in [0.15, 0.2) is 24.3 Å². The number of carboxylic acid groups (broad SMARTS) is 1. The van der Waals surface area contributed by atoms with Crippen molar-refractivity contribution in [3.63, 3.8) is 0 Å². The van der Waals surface area contributed by atoms with E-state index in [-0.39, 0.29) is 5.69 Å². The molecule has 16 heavy (non-hydrogen) atoms. The maximum atomic E-state index is 10.8. The summed E-state index contributed by atoms with van der Waals surface area (Å²) in [6.45, 7) is 1.81. The average molecular weight is 223 g/mol. The summed E-state index contributed by atoms with van der Waals surface area (Å²) in [5.74, 6) is -1.26. The first-order chi connectivity index (χ1) is 7.54. The quantitative estimate of drug-likeness (QED) is 0.613. The van der Waals surface area contributed by atoms with Crippen molar-refractivity contribution < 1.29 is 14.8 Å². The standard InChI is InChI=1S/C11H13NO4/c1-2-9(11(13)14)7-8-3-5-10(6-4-8)12(15)16/h3-6,9H,2,7H2,1H3,(H,13,14)/t9-/m0/s1. The van der Waals surface area contributed by atoms with Crippen molar-refractivity contribution in [2.75, 3.05) is 0 Å². The Morgan fingerprint density at radius 1 is 1.44 bits per heavy atom. The topological polar surface area (TPSA) is 80.4 Å². The molecule has 0 radical (unpaired) electrons. The molecule has 0 saturated heterocycles. The van der Waals surface area contributed by atoms with Crippen LogP contribution >= 0.6 is 0 Å². The van der Waals surface area contributed by atoms with Crippen molar-refractivity contribution in [3.8, 4) is 0 Å². The fourth-order valence-electron chi connectivity index (χ4n) is 1.44. The third-order valence-electron chi connectivity index (χ3n) is 2.47. The lowest BCUT2D eigenvalue weighted by Crippen LogP contribution is -2.15. The highest BCUT2D eigenvalue weighted by atomic mass is 16.6. The molecular formula is C11H13NO4. The molecule has 1 rings (SSSR count). The monoisotopic (exact) mass is 223 g/mol. The van der Waals surface area contributed by atoms with Crippen molar-refractivity contribution in [1.82, 2.24) is 0 Å². The van der Waals surface area contributed by atoms with Crippen LogP contribution in [0.1, 0.15) is 18.9 Å². The second-order valence-electron chi connectivity index (χ2n) is 3.57. The molecule has 0 aliphatic heterocycles. The Labute approximate surface area is 92.9 Å². The van der Waals surface area contributed by atoms with Gasteiger partial charge in [-0.3, -0.25) is 14.9 Å². The Morgan fingerprint density at radius 3 is 2.38 bits per heavy atom. The van der Waals surface area contributed by atoms with E-state index in [0.29, 0.717) is 12.8 Å². The molecule has 5 nitrogen and oxygen atoms in total. The van der Waals surface area contributed by atoms with Crippen LogP contribution in [-0.4, -0.2) is 16.0 Å². The van der Waals surface area contributed by atoms with E-state index in [2.05, 4.69) is 0 Å². The van der Waals surface area contributed by atoms with Crippen LogP contribution in [-0.2, 0) is 11.2 Å². The van der Waals surface area contributed by atoms with Crippen LogP contribution in [0.3, 0.4) is 0 Å². The lowest BCUT2D eigenvalue weighted by atomic mass is 9.97. The molecule has 0 saturated carbocycles. The number of carbonyl (C=O) groups is 1. The number of hydrogen-bond acceptors (Lipinski definition) is 3. The second kappa shape index (κ2) is 5.25. The fourth-order valence-corrected chi connectivity index (χ4v) is 1.44. The molecule has 0 aliphatic carbocycles. The summed E-state index contributed by atoms with van der Waals surface area (Å²) in [5, 5.41) is 19.3. The number of non-ortho nitro benzene ring substituents is 1. The molecule has 0 spiro atoms. The van der Waals surface area contributed by atoms with Gasteiger partial charge >= 0.3 is 5.97 Å². The molecule has 1 atom stereocenters. The Bertz CT molecular complexity index is 385. The van der Waals surface area contributed by atoms with Crippen molar-refractivity contribution in [1.29, 1.82) is 0 Å². The largest absolute Gasteiger partial charge is 0.481 e. The van der Waals surface area contributed by atoms with Crippen molar-refractivity contribution in [2.45, 2.75) is 19.8 Å². The van der Waals surface area contributed by atoms with Gasteiger partial charge in [-0.1, -0.05) is 19.1 Å². The van der Waals surface area contributed by atoms with Crippen molar-refractivity contribution in [3.05, 3.63) is 39.9 Å². The average Bonchev–Trinajstić information content (AvgIpc) is 2.26. The number of benzene rings is 1. The van der Waals surface area contributed by atoms with Crippen molar-refractivity contribution >= 4 is 11.7 Å². The van der Waals surface area contributed by atoms with E-state index in [1.54, 1.807) is 12.1 Å².